The molecule has 3 aromatic rings. The molecule has 0 atom stereocenters. The number of imidazole rings is 1. The molecule has 2 N–H and O–H groups in total. The van der Waals surface area contributed by atoms with Crippen molar-refractivity contribution in [2.24, 2.45) is 0 Å². The van der Waals surface area contributed by atoms with Gasteiger partial charge in [-0.05, 0) is 40.9 Å². The van der Waals surface area contributed by atoms with Crippen LogP contribution in [0, 0.1) is 0 Å². The molecule has 3 rings (SSSR count). The number of anilines is 1. The van der Waals surface area contributed by atoms with Crippen LogP contribution in [0.2, 0.25) is 0 Å². The van der Waals surface area contributed by atoms with Crippen LogP contribution in [0.25, 0.3) is 11.0 Å². The average molecular weight is 243 g/mol. The molecule has 0 radical (unpaired) electrons. The zero-order valence-electron chi connectivity index (χ0n) is 9.34. The highest BCUT2D eigenvalue weighted by Crippen LogP contribution is 2.18. The van der Waals surface area contributed by atoms with Gasteiger partial charge in [-0.2, -0.15) is 11.3 Å². The highest BCUT2D eigenvalue weighted by atomic mass is 32.1. The molecule has 3 nitrogen and oxygen atoms in total. The number of para-hydroxylation sites is 2. The van der Waals surface area contributed by atoms with E-state index < -0.39 is 0 Å². The minimum atomic E-state index is 0.599. The molecule has 0 unspecified atom stereocenters. The summed E-state index contributed by atoms with van der Waals surface area (Å²) >= 11 is 1.73. The predicted molar refractivity (Wildman–Crippen MR) is 72.2 cm³/mol. The van der Waals surface area contributed by atoms with Gasteiger partial charge >= 0.3 is 0 Å². The first kappa shape index (κ1) is 10.4. The Morgan fingerprint density at radius 2 is 2.12 bits per heavy atom. The minimum Gasteiger partial charge on any atom is -0.369 e. The smallest absolute Gasteiger partial charge is 0.201 e. The molecule has 0 amide bonds. The molecule has 86 valence electrons. The summed E-state index contributed by atoms with van der Waals surface area (Å²) in [6.07, 6.45) is 0.994. The number of nitrogens with zero attached hydrogens (tertiary/aromatic N) is 2. The van der Waals surface area contributed by atoms with Crippen LogP contribution in [0.1, 0.15) is 5.56 Å². The van der Waals surface area contributed by atoms with E-state index in [4.69, 9.17) is 5.73 Å². The highest BCUT2D eigenvalue weighted by Gasteiger charge is 2.06. The fraction of sp³-hybridized carbons (Fsp3) is 0.154. The second-order valence-electron chi connectivity index (χ2n) is 3.99. The molecule has 17 heavy (non-hydrogen) atoms. The lowest BCUT2D eigenvalue weighted by molar-refractivity contribution is 0.727. The Bertz CT molecular complexity index is 625. The van der Waals surface area contributed by atoms with E-state index in [1.54, 1.807) is 11.3 Å². The van der Waals surface area contributed by atoms with Crippen LogP contribution in [0.3, 0.4) is 0 Å². The van der Waals surface area contributed by atoms with E-state index >= 15 is 0 Å². The summed E-state index contributed by atoms with van der Waals surface area (Å²) in [5.74, 6) is 0.599. The van der Waals surface area contributed by atoms with Crippen LogP contribution >= 0.6 is 11.3 Å². The molecule has 0 bridgehead atoms. The normalized spacial score (nSPS) is 11.1. The van der Waals surface area contributed by atoms with Crippen molar-refractivity contribution < 1.29 is 0 Å². The number of hydrogen-bond donors (Lipinski definition) is 1. The Balaban J connectivity index is 1.92. The van der Waals surface area contributed by atoms with Crippen molar-refractivity contribution in [1.82, 2.24) is 9.55 Å². The summed E-state index contributed by atoms with van der Waals surface area (Å²) in [7, 11) is 0. The second-order valence-corrected chi connectivity index (χ2v) is 4.77. The van der Waals surface area contributed by atoms with Gasteiger partial charge in [-0.1, -0.05) is 12.1 Å². The number of benzene rings is 1. The molecule has 0 saturated heterocycles. The summed E-state index contributed by atoms with van der Waals surface area (Å²) in [5, 5.41) is 4.28. The van der Waals surface area contributed by atoms with Gasteiger partial charge in [0.2, 0.25) is 5.95 Å². The minimum absolute atomic E-state index is 0.599. The third-order valence-corrected chi connectivity index (χ3v) is 3.62. The lowest BCUT2D eigenvalue weighted by Gasteiger charge is -2.05. The molecule has 0 aliphatic carbocycles. The summed E-state index contributed by atoms with van der Waals surface area (Å²) < 4.78 is 2.08. The lowest BCUT2D eigenvalue weighted by Crippen LogP contribution is -2.05. The van der Waals surface area contributed by atoms with E-state index in [1.807, 2.05) is 18.2 Å². The van der Waals surface area contributed by atoms with Crippen LogP contribution in [-0.2, 0) is 13.0 Å². The van der Waals surface area contributed by atoms with E-state index in [2.05, 4.69) is 32.4 Å². The largest absolute Gasteiger partial charge is 0.369 e. The van der Waals surface area contributed by atoms with Gasteiger partial charge in [0.1, 0.15) is 0 Å². The van der Waals surface area contributed by atoms with Crippen LogP contribution in [0.15, 0.2) is 41.1 Å². The lowest BCUT2D eigenvalue weighted by atomic mass is 10.2. The number of aromatic nitrogens is 2. The quantitative estimate of drug-likeness (QED) is 0.768. The van der Waals surface area contributed by atoms with E-state index in [-0.39, 0.29) is 0 Å². The van der Waals surface area contributed by atoms with Gasteiger partial charge < -0.3 is 10.3 Å². The maximum atomic E-state index is 5.95. The third-order valence-electron chi connectivity index (χ3n) is 2.89. The predicted octanol–water partition coefficient (Wildman–Crippen LogP) is 2.92. The first-order valence-corrected chi connectivity index (χ1v) is 6.51. The monoisotopic (exact) mass is 243 g/mol. The average Bonchev–Trinajstić information content (AvgIpc) is 2.93. The van der Waals surface area contributed by atoms with Crippen molar-refractivity contribution in [3.8, 4) is 0 Å². The van der Waals surface area contributed by atoms with Gasteiger partial charge in [-0.25, -0.2) is 4.98 Å². The Morgan fingerprint density at radius 1 is 1.24 bits per heavy atom. The van der Waals surface area contributed by atoms with Crippen molar-refractivity contribution in [2.45, 2.75) is 13.0 Å². The van der Waals surface area contributed by atoms with Crippen LogP contribution in [-0.4, -0.2) is 9.55 Å². The van der Waals surface area contributed by atoms with E-state index in [0.717, 1.165) is 24.0 Å². The number of nitrogens with two attached hydrogens (primary N) is 1. The first-order chi connectivity index (χ1) is 8.34. The fourth-order valence-corrected chi connectivity index (χ4v) is 2.71. The van der Waals surface area contributed by atoms with Gasteiger partial charge in [-0.3, -0.25) is 0 Å². The van der Waals surface area contributed by atoms with Crippen molar-refractivity contribution in [3.05, 3.63) is 46.7 Å². The van der Waals surface area contributed by atoms with Crippen LogP contribution in [0.4, 0.5) is 5.95 Å². The van der Waals surface area contributed by atoms with Crippen molar-refractivity contribution >= 4 is 28.3 Å². The van der Waals surface area contributed by atoms with Gasteiger partial charge in [0.05, 0.1) is 11.0 Å². The molecule has 0 aliphatic heterocycles. The van der Waals surface area contributed by atoms with Crippen molar-refractivity contribution in [2.75, 3.05) is 5.73 Å². The number of rotatable bonds is 3. The molecule has 2 aromatic heterocycles. The number of aryl methyl sites for hydroxylation is 2. The van der Waals surface area contributed by atoms with Crippen LogP contribution < -0.4 is 5.73 Å². The third kappa shape index (κ3) is 1.91. The summed E-state index contributed by atoms with van der Waals surface area (Å²) in [5.41, 5.74) is 9.38. The van der Waals surface area contributed by atoms with Gasteiger partial charge in [0.15, 0.2) is 0 Å². The molecule has 0 fully saturated rings. The summed E-state index contributed by atoms with van der Waals surface area (Å²) in [6.45, 7) is 0.878. The number of nitrogen functional groups attached to an aromatic ring is 1. The summed E-state index contributed by atoms with van der Waals surface area (Å²) in [6, 6.07) is 10.2. The SMILES string of the molecule is Nc1nc2ccccc2n1CCc1ccsc1. The summed E-state index contributed by atoms with van der Waals surface area (Å²) in [4.78, 5) is 4.36. The number of fused-ring (bicyclic) bond motifs is 1. The molecule has 4 heteroatoms. The van der Waals surface area contributed by atoms with E-state index in [0.29, 0.717) is 5.95 Å². The molecule has 0 saturated carbocycles. The van der Waals surface area contributed by atoms with E-state index in [1.165, 1.54) is 5.56 Å². The number of thiophene rings is 1. The Kier molecular flexibility index (Phi) is 2.57. The maximum Gasteiger partial charge on any atom is 0.201 e. The second kappa shape index (κ2) is 4.22. The Labute approximate surface area is 104 Å². The molecule has 0 aliphatic rings. The van der Waals surface area contributed by atoms with Gasteiger partial charge in [0, 0.05) is 6.54 Å². The standard InChI is InChI=1S/C13H13N3S/c14-13-15-11-3-1-2-4-12(11)16(13)7-5-10-6-8-17-9-10/h1-4,6,8-9H,5,7H2,(H2,14,15). The van der Waals surface area contributed by atoms with Crippen LogP contribution in [0.5, 0.6) is 0 Å². The molecule has 2 heterocycles. The zero-order valence-corrected chi connectivity index (χ0v) is 10.2. The van der Waals surface area contributed by atoms with Gasteiger partial charge in [-0.15, -0.1) is 0 Å². The molecular weight excluding hydrogens is 230 g/mol. The molecule has 0 spiro atoms. The first-order valence-electron chi connectivity index (χ1n) is 5.56. The van der Waals surface area contributed by atoms with Crippen molar-refractivity contribution in [1.29, 1.82) is 0 Å². The zero-order chi connectivity index (χ0) is 11.7. The maximum absolute atomic E-state index is 5.95. The fourth-order valence-electron chi connectivity index (χ4n) is 2.00. The molecular formula is C13H13N3S. The topological polar surface area (TPSA) is 43.8 Å². The van der Waals surface area contributed by atoms with Crippen molar-refractivity contribution in [3.63, 3.8) is 0 Å². The van der Waals surface area contributed by atoms with Gasteiger partial charge in [0.25, 0.3) is 0 Å². The van der Waals surface area contributed by atoms with E-state index in [9.17, 15) is 0 Å². The highest BCUT2D eigenvalue weighted by molar-refractivity contribution is 7.07. The Morgan fingerprint density at radius 3 is 2.94 bits per heavy atom. The molecule has 1 aromatic carbocycles. The number of hydrogen-bond acceptors (Lipinski definition) is 3. The Hall–Kier alpha value is -1.81.